The molecule has 0 saturated carbocycles. The zero-order valence-electron chi connectivity index (χ0n) is 20.1. The molecule has 1 saturated heterocycles. The van der Waals surface area contributed by atoms with Crippen LogP contribution >= 0.6 is 11.3 Å². The quantitative estimate of drug-likeness (QED) is 0.312. The van der Waals surface area contributed by atoms with Crippen LogP contribution in [0.4, 0.5) is 0 Å². The number of ether oxygens (including phenoxy) is 1. The van der Waals surface area contributed by atoms with Crippen molar-refractivity contribution < 1.29 is 14.7 Å². The highest BCUT2D eigenvalue weighted by molar-refractivity contribution is 7.10. The van der Waals surface area contributed by atoms with E-state index >= 15 is 0 Å². The van der Waals surface area contributed by atoms with Crippen molar-refractivity contribution in [2.45, 2.75) is 31.7 Å². The number of nitrogens with one attached hydrogen (secondary N) is 1. The highest BCUT2D eigenvalue weighted by atomic mass is 32.1. The molecule has 5 rings (SSSR count). The number of carbonyl (C=O) groups is 1. The van der Waals surface area contributed by atoms with Crippen LogP contribution in [0.2, 0.25) is 0 Å². The Bertz CT molecular complexity index is 1350. The number of pyridine rings is 1. The van der Waals surface area contributed by atoms with Gasteiger partial charge < -0.3 is 9.64 Å². The van der Waals surface area contributed by atoms with Gasteiger partial charge in [0.05, 0.1) is 16.8 Å². The van der Waals surface area contributed by atoms with Gasteiger partial charge in [0, 0.05) is 36.9 Å². The van der Waals surface area contributed by atoms with Crippen LogP contribution in [-0.2, 0) is 16.7 Å². The summed E-state index contributed by atoms with van der Waals surface area (Å²) < 4.78 is 7.82. The molecule has 0 bridgehead atoms. The Morgan fingerprint density at radius 2 is 1.94 bits per heavy atom. The number of hydrogen-bond acceptors (Lipinski definition) is 7. The fraction of sp³-hybridized carbons (Fsp3) is 0.346. The molecular weight excluding hydrogens is 462 g/mol. The normalized spacial score (nSPS) is 15.6. The van der Waals surface area contributed by atoms with Gasteiger partial charge in [-0.3, -0.25) is 14.4 Å². The molecule has 0 spiro atoms. The van der Waals surface area contributed by atoms with Gasteiger partial charge in [-0.05, 0) is 69.3 Å². The summed E-state index contributed by atoms with van der Waals surface area (Å²) in [4.78, 5) is 23.9. The van der Waals surface area contributed by atoms with Gasteiger partial charge in [-0.15, -0.1) is 11.3 Å². The first-order valence-corrected chi connectivity index (χ1v) is 12.5. The third-order valence-corrected chi connectivity index (χ3v) is 7.71. The van der Waals surface area contributed by atoms with Gasteiger partial charge in [-0.25, -0.2) is 15.4 Å². The van der Waals surface area contributed by atoms with E-state index in [1.54, 1.807) is 28.9 Å². The van der Waals surface area contributed by atoms with E-state index < -0.39 is 5.91 Å². The number of hydrogen-bond donors (Lipinski definition) is 2. The monoisotopic (exact) mass is 491 g/mol. The molecule has 182 valence electrons. The molecule has 4 aromatic rings. The molecule has 0 atom stereocenters. The van der Waals surface area contributed by atoms with Crippen molar-refractivity contribution in [3.8, 4) is 11.4 Å². The number of aryl methyl sites for hydroxylation is 1. The Kier molecular flexibility index (Phi) is 6.41. The number of rotatable bonds is 6. The Hall–Kier alpha value is -3.11. The van der Waals surface area contributed by atoms with E-state index in [0.29, 0.717) is 18.8 Å². The van der Waals surface area contributed by atoms with Crippen LogP contribution in [0.25, 0.3) is 17.0 Å². The average Bonchev–Trinajstić information content (AvgIpc) is 3.47. The maximum atomic E-state index is 11.8. The van der Waals surface area contributed by atoms with Crippen LogP contribution in [0.5, 0.6) is 0 Å². The molecule has 35 heavy (non-hydrogen) atoms. The van der Waals surface area contributed by atoms with Gasteiger partial charge in [0.25, 0.3) is 5.91 Å². The first-order chi connectivity index (χ1) is 16.9. The van der Waals surface area contributed by atoms with Crippen LogP contribution in [0.1, 0.15) is 45.0 Å². The maximum absolute atomic E-state index is 11.8. The van der Waals surface area contributed by atoms with Crippen molar-refractivity contribution in [1.82, 2.24) is 24.7 Å². The Labute approximate surface area is 208 Å². The average molecular weight is 492 g/mol. The molecule has 9 heteroatoms. The second-order valence-corrected chi connectivity index (χ2v) is 10.2. The molecule has 1 amide bonds. The molecule has 2 N–H and O–H groups in total. The molecule has 0 unspecified atom stereocenters. The number of hydroxylamine groups is 1. The summed E-state index contributed by atoms with van der Waals surface area (Å²) in [5, 5.41) is 12.1. The van der Waals surface area contributed by atoms with Gasteiger partial charge >= 0.3 is 0 Å². The first-order valence-electron chi connectivity index (χ1n) is 11.6. The summed E-state index contributed by atoms with van der Waals surface area (Å²) in [6, 6.07) is 11.7. The number of nitrogens with zero attached hydrogens (tertiary/aromatic N) is 4. The standard InChI is InChI=1S/C26H29N5O3S/c1-17-23(31-11-8-18(15-30(2)3)14-22(31)27-17)21-16-35-25(28-21)26(9-12-34-13-10-26)20-6-4-19(5-7-20)24(32)29-33/h4-8,11,14,16,33H,9-10,12-13,15H2,1-3H3,(H,29,32). The number of thiazole rings is 1. The number of aromatic nitrogens is 3. The molecule has 1 aliphatic rings. The van der Waals surface area contributed by atoms with E-state index in [4.69, 9.17) is 19.9 Å². The van der Waals surface area contributed by atoms with E-state index in [9.17, 15) is 4.79 Å². The molecule has 0 aliphatic carbocycles. The molecule has 4 heterocycles. The Balaban J connectivity index is 1.54. The summed E-state index contributed by atoms with van der Waals surface area (Å²) in [5.41, 5.74) is 7.93. The molecule has 0 radical (unpaired) electrons. The zero-order chi connectivity index (χ0) is 24.6. The third-order valence-electron chi connectivity index (χ3n) is 6.67. The number of carbonyl (C=O) groups excluding carboxylic acids is 1. The molecule has 1 fully saturated rings. The predicted octanol–water partition coefficient (Wildman–Crippen LogP) is 4.04. The smallest absolute Gasteiger partial charge is 0.274 e. The largest absolute Gasteiger partial charge is 0.381 e. The van der Waals surface area contributed by atoms with Gasteiger partial charge in [0.2, 0.25) is 0 Å². The van der Waals surface area contributed by atoms with Gasteiger partial charge in [-0.2, -0.15) is 0 Å². The van der Waals surface area contributed by atoms with E-state index in [0.717, 1.165) is 52.7 Å². The number of benzene rings is 1. The van der Waals surface area contributed by atoms with Crippen LogP contribution in [0.3, 0.4) is 0 Å². The summed E-state index contributed by atoms with van der Waals surface area (Å²) in [5.74, 6) is -0.522. The Morgan fingerprint density at radius 3 is 2.63 bits per heavy atom. The second-order valence-electron chi connectivity index (χ2n) is 9.30. The van der Waals surface area contributed by atoms with Crippen molar-refractivity contribution in [3.63, 3.8) is 0 Å². The first kappa shape index (κ1) is 23.6. The van der Waals surface area contributed by atoms with Crippen LogP contribution in [0.15, 0.2) is 48.0 Å². The maximum Gasteiger partial charge on any atom is 0.274 e. The van der Waals surface area contributed by atoms with E-state index in [1.807, 2.05) is 19.1 Å². The molecule has 8 nitrogen and oxygen atoms in total. The summed E-state index contributed by atoms with van der Waals surface area (Å²) >= 11 is 1.66. The van der Waals surface area contributed by atoms with Crippen molar-refractivity contribution >= 4 is 22.9 Å². The van der Waals surface area contributed by atoms with Gasteiger partial charge in [0.1, 0.15) is 16.3 Å². The van der Waals surface area contributed by atoms with Gasteiger partial charge in [-0.1, -0.05) is 12.1 Å². The van der Waals surface area contributed by atoms with Crippen molar-refractivity contribution in [2.24, 2.45) is 0 Å². The minimum atomic E-state index is -0.522. The SMILES string of the molecule is Cc1nc2cc(CN(C)C)ccn2c1-c1csc(C2(c3ccc(C(=O)NO)cc3)CCOCC2)n1. The van der Waals surface area contributed by atoms with Crippen molar-refractivity contribution in [1.29, 1.82) is 0 Å². The zero-order valence-corrected chi connectivity index (χ0v) is 20.9. The molecule has 3 aromatic heterocycles. The lowest BCUT2D eigenvalue weighted by atomic mass is 9.74. The highest BCUT2D eigenvalue weighted by Gasteiger charge is 2.39. The predicted molar refractivity (Wildman–Crippen MR) is 135 cm³/mol. The minimum absolute atomic E-state index is 0.289. The summed E-state index contributed by atoms with van der Waals surface area (Å²) in [6.45, 7) is 4.19. The lowest BCUT2D eigenvalue weighted by Crippen LogP contribution is -2.35. The fourth-order valence-electron chi connectivity index (χ4n) is 4.93. The summed E-state index contributed by atoms with van der Waals surface area (Å²) in [6.07, 6.45) is 3.70. The van der Waals surface area contributed by atoms with Crippen LogP contribution < -0.4 is 5.48 Å². The number of amides is 1. The highest BCUT2D eigenvalue weighted by Crippen LogP contribution is 2.44. The van der Waals surface area contributed by atoms with Crippen LogP contribution in [0, 0.1) is 6.92 Å². The fourth-order valence-corrected chi connectivity index (χ4v) is 6.02. The molecule has 1 aromatic carbocycles. The van der Waals surface area contributed by atoms with Crippen molar-refractivity contribution in [2.75, 3.05) is 27.3 Å². The molecule has 1 aliphatic heterocycles. The van der Waals surface area contributed by atoms with Gasteiger partial charge in [0.15, 0.2) is 0 Å². The minimum Gasteiger partial charge on any atom is -0.381 e. The lowest BCUT2D eigenvalue weighted by Gasteiger charge is -2.36. The number of fused-ring (bicyclic) bond motifs is 1. The van der Waals surface area contributed by atoms with E-state index in [1.165, 1.54) is 5.56 Å². The molecular formula is C26H29N5O3S. The topological polar surface area (TPSA) is 92.0 Å². The van der Waals surface area contributed by atoms with E-state index in [-0.39, 0.29) is 5.41 Å². The summed E-state index contributed by atoms with van der Waals surface area (Å²) in [7, 11) is 4.12. The van der Waals surface area contributed by atoms with Crippen molar-refractivity contribution in [3.05, 3.63) is 75.4 Å². The lowest BCUT2D eigenvalue weighted by molar-refractivity contribution is 0.0629. The van der Waals surface area contributed by atoms with Crippen LogP contribution in [-0.4, -0.2) is 57.7 Å². The number of imidazole rings is 1. The third kappa shape index (κ3) is 4.36. The second kappa shape index (κ2) is 9.50. The Morgan fingerprint density at radius 1 is 1.20 bits per heavy atom. The van der Waals surface area contributed by atoms with E-state index in [2.05, 4.69) is 47.1 Å².